The fourth-order valence-corrected chi connectivity index (χ4v) is 2.34. The van der Waals surface area contributed by atoms with Crippen LogP contribution in [0.15, 0.2) is 60.7 Å². The van der Waals surface area contributed by atoms with Crippen molar-refractivity contribution in [2.45, 2.75) is 6.54 Å². The maximum absolute atomic E-state index is 9.88. The van der Waals surface area contributed by atoms with Gasteiger partial charge in [-0.15, -0.1) is 0 Å². The average molecular weight is 274 g/mol. The zero-order valence-corrected chi connectivity index (χ0v) is 11.4. The van der Waals surface area contributed by atoms with Crippen LogP contribution in [-0.2, 0) is 6.54 Å². The van der Waals surface area contributed by atoms with E-state index in [0.29, 0.717) is 12.1 Å². The van der Waals surface area contributed by atoms with Crippen LogP contribution in [0, 0.1) is 11.3 Å². The summed E-state index contributed by atoms with van der Waals surface area (Å²) >= 11 is 0. The number of aromatic hydroxyl groups is 1. The van der Waals surface area contributed by atoms with E-state index in [1.165, 1.54) is 0 Å². The summed E-state index contributed by atoms with van der Waals surface area (Å²) in [4.78, 5) is 0. The van der Waals surface area contributed by atoms with E-state index in [1.54, 1.807) is 6.07 Å². The van der Waals surface area contributed by atoms with Crippen LogP contribution in [0.4, 0.5) is 5.69 Å². The summed E-state index contributed by atoms with van der Waals surface area (Å²) in [6.45, 7) is 0.667. The molecular formula is C18H14N2O. The summed E-state index contributed by atoms with van der Waals surface area (Å²) < 4.78 is 0. The Morgan fingerprint density at radius 2 is 1.62 bits per heavy atom. The Balaban J connectivity index is 1.85. The number of rotatable bonds is 3. The van der Waals surface area contributed by atoms with E-state index >= 15 is 0 Å². The van der Waals surface area contributed by atoms with E-state index in [2.05, 4.69) is 11.4 Å². The zero-order chi connectivity index (χ0) is 14.7. The molecule has 0 radical (unpaired) electrons. The van der Waals surface area contributed by atoms with Gasteiger partial charge in [-0.1, -0.05) is 36.4 Å². The zero-order valence-electron chi connectivity index (χ0n) is 11.4. The molecule has 0 amide bonds. The van der Waals surface area contributed by atoms with E-state index in [0.717, 1.165) is 22.0 Å². The molecule has 3 aromatic rings. The number of nitrogens with one attached hydrogen (secondary N) is 1. The fourth-order valence-electron chi connectivity index (χ4n) is 2.34. The van der Waals surface area contributed by atoms with Gasteiger partial charge in [-0.05, 0) is 29.8 Å². The van der Waals surface area contributed by atoms with Crippen LogP contribution in [0.1, 0.15) is 11.1 Å². The van der Waals surface area contributed by atoms with Crippen molar-refractivity contribution in [2.24, 2.45) is 0 Å². The number of nitriles is 1. The summed E-state index contributed by atoms with van der Waals surface area (Å²) in [5.41, 5.74) is 2.74. The van der Waals surface area contributed by atoms with Gasteiger partial charge in [0.05, 0.1) is 11.6 Å². The SMILES string of the molecule is N#Cc1ccc(CNc2cccc3c(O)cccc23)cc1. The second-order valence-electron chi connectivity index (χ2n) is 4.84. The standard InChI is InChI=1S/C18H14N2O/c19-11-13-7-9-14(10-8-13)12-20-17-5-1-4-16-15(17)3-2-6-18(16)21/h1-10,20-21H,12H2. The van der Waals surface area contributed by atoms with Gasteiger partial charge < -0.3 is 10.4 Å². The van der Waals surface area contributed by atoms with Crippen LogP contribution in [0.2, 0.25) is 0 Å². The summed E-state index contributed by atoms with van der Waals surface area (Å²) in [6, 6.07) is 20.9. The molecule has 0 heterocycles. The van der Waals surface area contributed by atoms with Crippen molar-refractivity contribution in [3.8, 4) is 11.8 Å². The maximum Gasteiger partial charge on any atom is 0.123 e. The molecule has 0 bridgehead atoms. The molecule has 0 aliphatic carbocycles. The van der Waals surface area contributed by atoms with Gasteiger partial charge >= 0.3 is 0 Å². The van der Waals surface area contributed by atoms with Gasteiger partial charge in [0.1, 0.15) is 5.75 Å². The minimum Gasteiger partial charge on any atom is -0.507 e. The summed E-state index contributed by atoms with van der Waals surface area (Å²) in [7, 11) is 0. The number of anilines is 1. The van der Waals surface area contributed by atoms with Gasteiger partial charge in [-0.25, -0.2) is 0 Å². The first-order valence-corrected chi connectivity index (χ1v) is 6.71. The third-order valence-corrected chi connectivity index (χ3v) is 3.47. The van der Waals surface area contributed by atoms with E-state index in [4.69, 9.17) is 5.26 Å². The predicted octanol–water partition coefficient (Wildman–Crippen LogP) is 4.03. The number of benzene rings is 3. The van der Waals surface area contributed by atoms with Gasteiger partial charge in [0.25, 0.3) is 0 Å². The molecule has 0 aromatic heterocycles. The van der Waals surface area contributed by atoms with Crippen molar-refractivity contribution in [3.63, 3.8) is 0 Å². The van der Waals surface area contributed by atoms with E-state index in [-0.39, 0.29) is 5.75 Å². The molecule has 3 rings (SSSR count). The highest BCUT2D eigenvalue weighted by Gasteiger charge is 2.03. The number of hydrogen-bond acceptors (Lipinski definition) is 3. The van der Waals surface area contributed by atoms with E-state index in [1.807, 2.05) is 54.6 Å². The molecule has 0 fully saturated rings. The van der Waals surface area contributed by atoms with Crippen LogP contribution < -0.4 is 5.32 Å². The summed E-state index contributed by atoms with van der Waals surface area (Å²) in [6.07, 6.45) is 0. The summed E-state index contributed by atoms with van der Waals surface area (Å²) in [5.74, 6) is 0.287. The highest BCUT2D eigenvalue weighted by molar-refractivity contribution is 5.97. The van der Waals surface area contributed by atoms with Crippen LogP contribution in [0.3, 0.4) is 0 Å². The van der Waals surface area contributed by atoms with Crippen LogP contribution in [-0.4, -0.2) is 5.11 Å². The van der Waals surface area contributed by atoms with Crippen molar-refractivity contribution < 1.29 is 5.11 Å². The maximum atomic E-state index is 9.88. The molecule has 0 spiro atoms. The Morgan fingerprint density at radius 3 is 2.38 bits per heavy atom. The molecule has 21 heavy (non-hydrogen) atoms. The lowest BCUT2D eigenvalue weighted by molar-refractivity contribution is 0.481. The molecule has 0 aliphatic heterocycles. The van der Waals surface area contributed by atoms with Crippen LogP contribution >= 0.6 is 0 Å². The Hall–Kier alpha value is -2.99. The number of phenols is 1. The predicted molar refractivity (Wildman–Crippen MR) is 84.1 cm³/mol. The van der Waals surface area contributed by atoms with Gasteiger partial charge in [0.2, 0.25) is 0 Å². The molecule has 2 N–H and O–H groups in total. The fraction of sp³-hybridized carbons (Fsp3) is 0.0556. The second-order valence-corrected chi connectivity index (χ2v) is 4.84. The van der Waals surface area contributed by atoms with Crippen molar-refractivity contribution >= 4 is 16.5 Å². The van der Waals surface area contributed by atoms with Crippen molar-refractivity contribution in [1.29, 1.82) is 5.26 Å². The first-order valence-electron chi connectivity index (χ1n) is 6.71. The smallest absolute Gasteiger partial charge is 0.123 e. The monoisotopic (exact) mass is 274 g/mol. The lowest BCUT2D eigenvalue weighted by atomic mass is 10.1. The first kappa shape index (κ1) is 13.0. The highest BCUT2D eigenvalue weighted by atomic mass is 16.3. The Morgan fingerprint density at radius 1 is 0.905 bits per heavy atom. The molecule has 3 nitrogen and oxygen atoms in total. The molecule has 0 aliphatic rings. The van der Waals surface area contributed by atoms with Crippen molar-refractivity contribution in [2.75, 3.05) is 5.32 Å². The molecule has 3 heteroatoms. The molecule has 102 valence electrons. The number of hydrogen-bond donors (Lipinski definition) is 2. The normalized spacial score (nSPS) is 10.2. The number of nitrogens with zero attached hydrogens (tertiary/aromatic N) is 1. The van der Waals surface area contributed by atoms with Crippen molar-refractivity contribution in [1.82, 2.24) is 0 Å². The third kappa shape index (κ3) is 2.65. The van der Waals surface area contributed by atoms with Gasteiger partial charge in [-0.2, -0.15) is 5.26 Å². The molecule has 0 atom stereocenters. The molecular weight excluding hydrogens is 260 g/mol. The van der Waals surface area contributed by atoms with Gasteiger partial charge in [0.15, 0.2) is 0 Å². The molecule has 0 saturated carbocycles. The number of phenolic OH excluding ortho intramolecular Hbond substituents is 1. The van der Waals surface area contributed by atoms with Crippen LogP contribution in [0.25, 0.3) is 10.8 Å². The largest absolute Gasteiger partial charge is 0.507 e. The molecule has 3 aromatic carbocycles. The second kappa shape index (κ2) is 5.56. The average Bonchev–Trinajstić information content (AvgIpc) is 2.54. The highest BCUT2D eigenvalue weighted by Crippen LogP contribution is 2.29. The van der Waals surface area contributed by atoms with Gasteiger partial charge in [-0.3, -0.25) is 0 Å². The molecule has 0 saturated heterocycles. The van der Waals surface area contributed by atoms with E-state index in [9.17, 15) is 5.11 Å². The first-order chi connectivity index (χ1) is 10.3. The third-order valence-electron chi connectivity index (χ3n) is 3.47. The quantitative estimate of drug-likeness (QED) is 0.758. The Labute approximate surface area is 123 Å². The minimum atomic E-state index is 0.287. The topological polar surface area (TPSA) is 56.0 Å². The van der Waals surface area contributed by atoms with Crippen molar-refractivity contribution in [3.05, 3.63) is 71.8 Å². The van der Waals surface area contributed by atoms with E-state index < -0.39 is 0 Å². The number of fused-ring (bicyclic) bond motifs is 1. The lowest BCUT2D eigenvalue weighted by Crippen LogP contribution is -1.99. The van der Waals surface area contributed by atoms with Crippen LogP contribution in [0.5, 0.6) is 5.75 Å². The summed E-state index contributed by atoms with van der Waals surface area (Å²) in [5, 5.41) is 23.9. The van der Waals surface area contributed by atoms with Gasteiger partial charge in [0, 0.05) is 23.0 Å². The lowest BCUT2D eigenvalue weighted by Gasteiger charge is -2.10. The Bertz CT molecular complexity index is 817. The minimum absolute atomic E-state index is 0.287. The Kier molecular flexibility index (Phi) is 3.44. The molecule has 0 unspecified atom stereocenters.